The van der Waals surface area contributed by atoms with Crippen molar-refractivity contribution in [2.45, 2.75) is 6.42 Å². The highest BCUT2D eigenvalue weighted by molar-refractivity contribution is 9.10. The van der Waals surface area contributed by atoms with Crippen LogP contribution in [0.1, 0.15) is 15.9 Å². The van der Waals surface area contributed by atoms with Crippen LogP contribution in [0.2, 0.25) is 0 Å². The van der Waals surface area contributed by atoms with Crippen LogP contribution >= 0.6 is 27.3 Å². The fourth-order valence-electron chi connectivity index (χ4n) is 1.81. The Kier molecular flexibility index (Phi) is 5.35. The number of primary amides is 2. The lowest BCUT2D eigenvalue weighted by Crippen LogP contribution is -2.21. The number of carbonyl (C=O) groups excluding carboxylic acids is 3. The number of halogens is 1. The Balaban J connectivity index is 2.09. The van der Waals surface area contributed by atoms with Crippen molar-refractivity contribution in [1.82, 2.24) is 0 Å². The van der Waals surface area contributed by atoms with Gasteiger partial charge in [-0.05, 0) is 23.8 Å². The van der Waals surface area contributed by atoms with Crippen LogP contribution in [0.15, 0.2) is 34.8 Å². The first-order valence-corrected chi connectivity index (χ1v) is 8.00. The van der Waals surface area contributed by atoms with Crippen molar-refractivity contribution in [3.05, 3.63) is 45.9 Å². The SMILES string of the molecule is NC(=O)Nc1sc(NC(=O)Cc2ccc(Br)cc2)cc1C(N)=O. The first kappa shape index (κ1) is 17.0. The summed E-state index contributed by atoms with van der Waals surface area (Å²) in [5.74, 6) is -0.978. The smallest absolute Gasteiger partial charge is 0.317 e. The number of anilines is 2. The predicted molar refractivity (Wildman–Crippen MR) is 92.5 cm³/mol. The third-order valence-electron chi connectivity index (χ3n) is 2.77. The van der Waals surface area contributed by atoms with Gasteiger partial charge < -0.3 is 16.8 Å². The topological polar surface area (TPSA) is 127 Å². The van der Waals surface area contributed by atoms with Gasteiger partial charge in [0.1, 0.15) is 5.00 Å². The van der Waals surface area contributed by atoms with E-state index in [1.807, 2.05) is 24.3 Å². The molecule has 0 atom stereocenters. The molecule has 1 aromatic carbocycles. The summed E-state index contributed by atoms with van der Waals surface area (Å²) in [5.41, 5.74) is 11.2. The highest BCUT2D eigenvalue weighted by atomic mass is 79.9. The average Bonchev–Trinajstić information content (AvgIpc) is 2.83. The summed E-state index contributed by atoms with van der Waals surface area (Å²) >= 11 is 4.33. The molecule has 0 bridgehead atoms. The summed E-state index contributed by atoms with van der Waals surface area (Å²) < 4.78 is 0.924. The molecule has 4 amide bonds. The molecule has 0 aliphatic heterocycles. The Labute approximate surface area is 144 Å². The second-order valence-corrected chi connectivity index (χ2v) is 6.53. The number of nitrogens with two attached hydrogens (primary N) is 2. The Hall–Kier alpha value is -2.39. The summed E-state index contributed by atoms with van der Waals surface area (Å²) in [4.78, 5) is 34.3. The minimum Gasteiger partial charge on any atom is -0.366 e. The van der Waals surface area contributed by atoms with E-state index in [2.05, 4.69) is 26.6 Å². The number of thiophene rings is 1. The third kappa shape index (κ3) is 4.80. The Bertz CT molecular complexity index is 758. The van der Waals surface area contributed by atoms with Crippen LogP contribution in [-0.4, -0.2) is 17.8 Å². The zero-order chi connectivity index (χ0) is 17.0. The Morgan fingerprint density at radius 1 is 1.09 bits per heavy atom. The molecule has 2 aromatic rings. The van der Waals surface area contributed by atoms with Crippen molar-refractivity contribution < 1.29 is 14.4 Å². The van der Waals surface area contributed by atoms with E-state index in [0.717, 1.165) is 21.4 Å². The molecule has 0 spiro atoms. The molecule has 0 unspecified atom stereocenters. The maximum atomic E-state index is 12.0. The van der Waals surface area contributed by atoms with Crippen molar-refractivity contribution in [2.24, 2.45) is 11.5 Å². The Morgan fingerprint density at radius 2 is 1.74 bits per heavy atom. The van der Waals surface area contributed by atoms with Crippen molar-refractivity contribution in [1.29, 1.82) is 0 Å². The summed E-state index contributed by atoms with van der Waals surface area (Å²) in [6.07, 6.45) is 0.176. The van der Waals surface area contributed by atoms with Gasteiger partial charge in [-0.3, -0.25) is 14.9 Å². The van der Waals surface area contributed by atoms with Gasteiger partial charge in [0.15, 0.2) is 0 Å². The molecular formula is C14H13BrN4O3S. The van der Waals surface area contributed by atoms with Gasteiger partial charge in [-0.15, -0.1) is 0 Å². The molecule has 0 aliphatic rings. The van der Waals surface area contributed by atoms with E-state index in [4.69, 9.17) is 11.5 Å². The summed E-state index contributed by atoms with van der Waals surface area (Å²) in [6, 6.07) is 7.92. The fraction of sp³-hybridized carbons (Fsp3) is 0.0714. The molecule has 23 heavy (non-hydrogen) atoms. The number of hydrogen-bond acceptors (Lipinski definition) is 4. The van der Waals surface area contributed by atoms with E-state index in [0.29, 0.717) is 5.00 Å². The van der Waals surface area contributed by atoms with Gasteiger partial charge in [0.05, 0.1) is 17.0 Å². The number of carbonyl (C=O) groups is 3. The van der Waals surface area contributed by atoms with Gasteiger partial charge in [-0.1, -0.05) is 39.4 Å². The standard InChI is InChI=1S/C14H13BrN4O3S/c15-8-3-1-7(2-4-8)5-10(20)18-11-6-9(12(16)21)13(23-11)19-14(17)22/h1-4,6H,5H2,(H2,16,21)(H,18,20)(H3,17,19,22). The minimum absolute atomic E-state index is 0.0905. The first-order valence-electron chi connectivity index (χ1n) is 6.39. The van der Waals surface area contributed by atoms with E-state index in [9.17, 15) is 14.4 Å². The molecule has 1 aromatic heterocycles. The zero-order valence-corrected chi connectivity index (χ0v) is 14.2. The van der Waals surface area contributed by atoms with Crippen LogP contribution in [0, 0.1) is 0 Å². The second kappa shape index (κ2) is 7.25. The zero-order valence-electron chi connectivity index (χ0n) is 11.8. The monoisotopic (exact) mass is 396 g/mol. The molecule has 0 saturated heterocycles. The number of urea groups is 1. The Morgan fingerprint density at radius 3 is 2.30 bits per heavy atom. The largest absolute Gasteiger partial charge is 0.366 e. The van der Waals surface area contributed by atoms with Crippen LogP contribution in [0.3, 0.4) is 0 Å². The van der Waals surface area contributed by atoms with Gasteiger partial charge in [-0.2, -0.15) is 0 Å². The van der Waals surface area contributed by atoms with E-state index >= 15 is 0 Å². The van der Waals surface area contributed by atoms with E-state index in [-0.39, 0.29) is 22.9 Å². The molecule has 1 heterocycles. The van der Waals surface area contributed by atoms with Crippen molar-refractivity contribution >= 4 is 55.1 Å². The van der Waals surface area contributed by atoms with Crippen LogP contribution in [-0.2, 0) is 11.2 Å². The van der Waals surface area contributed by atoms with Gasteiger partial charge in [-0.25, -0.2) is 4.79 Å². The molecule has 0 radical (unpaired) electrons. The van der Waals surface area contributed by atoms with Gasteiger partial charge in [0.25, 0.3) is 5.91 Å². The molecule has 0 fully saturated rings. The van der Waals surface area contributed by atoms with E-state index in [1.54, 1.807) is 0 Å². The van der Waals surface area contributed by atoms with Gasteiger partial charge >= 0.3 is 6.03 Å². The van der Waals surface area contributed by atoms with Crippen molar-refractivity contribution in [3.63, 3.8) is 0 Å². The van der Waals surface area contributed by atoms with Crippen LogP contribution in [0.4, 0.5) is 14.8 Å². The number of hydrogen-bond donors (Lipinski definition) is 4. The van der Waals surface area contributed by atoms with Gasteiger partial charge in [0.2, 0.25) is 5.91 Å². The molecular weight excluding hydrogens is 384 g/mol. The molecule has 9 heteroatoms. The van der Waals surface area contributed by atoms with Gasteiger partial charge in [0, 0.05) is 4.47 Å². The predicted octanol–water partition coefficient (Wildman–Crippen LogP) is 2.28. The molecule has 120 valence electrons. The number of rotatable bonds is 5. The number of benzene rings is 1. The summed E-state index contributed by atoms with van der Waals surface area (Å²) in [7, 11) is 0. The van der Waals surface area contributed by atoms with Crippen molar-refractivity contribution in [3.8, 4) is 0 Å². The average molecular weight is 397 g/mol. The lowest BCUT2D eigenvalue weighted by molar-refractivity contribution is -0.115. The molecule has 2 rings (SSSR count). The summed E-state index contributed by atoms with van der Waals surface area (Å²) in [5, 5.41) is 5.56. The quantitative estimate of drug-likeness (QED) is 0.618. The molecule has 0 aliphatic carbocycles. The normalized spacial score (nSPS) is 10.1. The van der Waals surface area contributed by atoms with Crippen LogP contribution in [0.25, 0.3) is 0 Å². The maximum absolute atomic E-state index is 12.0. The minimum atomic E-state index is -0.818. The highest BCUT2D eigenvalue weighted by Gasteiger charge is 2.16. The molecule has 7 nitrogen and oxygen atoms in total. The maximum Gasteiger partial charge on any atom is 0.317 e. The lowest BCUT2D eigenvalue weighted by atomic mass is 10.1. The summed E-state index contributed by atoms with van der Waals surface area (Å²) in [6.45, 7) is 0. The van der Waals surface area contributed by atoms with Crippen molar-refractivity contribution in [2.75, 3.05) is 10.6 Å². The van der Waals surface area contributed by atoms with Crippen LogP contribution in [0.5, 0.6) is 0 Å². The molecule has 6 N–H and O–H groups in total. The van der Waals surface area contributed by atoms with E-state index < -0.39 is 11.9 Å². The first-order chi connectivity index (χ1) is 10.8. The lowest BCUT2D eigenvalue weighted by Gasteiger charge is -2.03. The highest BCUT2D eigenvalue weighted by Crippen LogP contribution is 2.32. The number of amides is 4. The second-order valence-electron chi connectivity index (χ2n) is 4.56. The third-order valence-corrected chi connectivity index (χ3v) is 4.27. The fourth-order valence-corrected chi connectivity index (χ4v) is 3.06. The van der Waals surface area contributed by atoms with E-state index in [1.165, 1.54) is 6.07 Å². The number of nitrogens with one attached hydrogen (secondary N) is 2. The van der Waals surface area contributed by atoms with Crippen LogP contribution < -0.4 is 22.1 Å². The molecule has 0 saturated carbocycles.